The van der Waals surface area contributed by atoms with Crippen molar-refractivity contribution in [2.45, 2.75) is 19.9 Å². The van der Waals surface area contributed by atoms with E-state index in [1.165, 1.54) is 5.56 Å². The molecule has 0 bridgehead atoms. The summed E-state index contributed by atoms with van der Waals surface area (Å²) < 4.78 is 10.6. The van der Waals surface area contributed by atoms with Crippen LogP contribution in [0.1, 0.15) is 18.9 Å². The van der Waals surface area contributed by atoms with Crippen LogP contribution >= 0.6 is 0 Å². The monoisotopic (exact) mass is 237 g/mol. The Bertz CT molecular complexity index is 364. The van der Waals surface area contributed by atoms with Gasteiger partial charge in [0.05, 0.1) is 0 Å². The number of aliphatic hydroxyl groups is 1. The number of aliphatic hydroxyl groups excluding tert-OH is 1. The normalized spacial score (nSPS) is 14.9. The van der Waals surface area contributed by atoms with E-state index >= 15 is 0 Å². The lowest BCUT2D eigenvalue weighted by Crippen LogP contribution is -2.24. The van der Waals surface area contributed by atoms with E-state index in [0.29, 0.717) is 12.7 Å². The van der Waals surface area contributed by atoms with Crippen LogP contribution in [-0.4, -0.2) is 25.1 Å². The van der Waals surface area contributed by atoms with Gasteiger partial charge in [-0.2, -0.15) is 0 Å². The summed E-state index contributed by atoms with van der Waals surface area (Å²) in [5.41, 5.74) is 1.17. The third kappa shape index (κ3) is 3.11. The number of ether oxygens (including phenoxy) is 2. The van der Waals surface area contributed by atoms with Crippen LogP contribution in [-0.2, 0) is 6.54 Å². The molecule has 1 atom stereocenters. The minimum Gasteiger partial charge on any atom is -0.454 e. The second kappa shape index (κ2) is 5.89. The maximum Gasteiger partial charge on any atom is 0.231 e. The largest absolute Gasteiger partial charge is 0.454 e. The molecule has 0 fully saturated rings. The van der Waals surface area contributed by atoms with Crippen molar-refractivity contribution in [3.8, 4) is 11.5 Å². The van der Waals surface area contributed by atoms with Gasteiger partial charge in [-0.3, -0.25) is 0 Å². The predicted molar refractivity (Wildman–Crippen MR) is 65.1 cm³/mol. The van der Waals surface area contributed by atoms with Gasteiger partial charge < -0.3 is 19.9 Å². The van der Waals surface area contributed by atoms with Gasteiger partial charge in [0, 0.05) is 19.7 Å². The molecule has 94 valence electrons. The number of benzene rings is 1. The van der Waals surface area contributed by atoms with Crippen molar-refractivity contribution >= 4 is 0 Å². The number of hydrogen-bond acceptors (Lipinski definition) is 4. The molecule has 2 rings (SSSR count). The Morgan fingerprint density at radius 3 is 2.94 bits per heavy atom. The number of rotatable bonds is 6. The zero-order valence-corrected chi connectivity index (χ0v) is 10.1. The van der Waals surface area contributed by atoms with Crippen LogP contribution < -0.4 is 14.8 Å². The lowest BCUT2D eigenvalue weighted by molar-refractivity contribution is 0.174. The van der Waals surface area contributed by atoms with Crippen molar-refractivity contribution in [1.82, 2.24) is 5.32 Å². The fraction of sp³-hybridized carbons (Fsp3) is 0.538. The Balaban J connectivity index is 1.83. The second-order valence-corrected chi connectivity index (χ2v) is 4.28. The topological polar surface area (TPSA) is 50.7 Å². The summed E-state index contributed by atoms with van der Waals surface area (Å²) in [6.07, 6.45) is 0.991. The highest BCUT2D eigenvalue weighted by atomic mass is 16.7. The zero-order valence-electron chi connectivity index (χ0n) is 10.1. The minimum atomic E-state index is 0.241. The molecule has 1 aromatic rings. The first-order valence-electron chi connectivity index (χ1n) is 6.03. The molecule has 0 aliphatic carbocycles. The Morgan fingerprint density at radius 1 is 1.35 bits per heavy atom. The molecule has 0 aromatic heterocycles. The summed E-state index contributed by atoms with van der Waals surface area (Å²) in [7, 11) is 0. The van der Waals surface area contributed by atoms with Gasteiger partial charge in [-0.15, -0.1) is 0 Å². The van der Waals surface area contributed by atoms with Gasteiger partial charge in [0.15, 0.2) is 11.5 Å². The molecule has 4 heteroatoms. The zero-order chi connectivity index (χ0) is 12.1. The predicted octanol–water partition coefficient (Wildman–Crippen LogP) is 1.52. The van der Waals surface area contributed by atoms with Crippen LogP contribution in [0.3, 0.4) is 0 Å². The maximum absolute atomic E-state index is 9.07. The molecule has 0 amide bonds. The van der Waals surface area contributed by atoms with E-state index in [9.17, 15) is 0 Å². The van der Waals surface area contributed by atoms with Crippen LogP contribution in [0.15, 0.2) is 18.2 Å². The Morgan fingerprint density at radius 2 is 2.18 bits per heavy atom. The molecule has 0 saturated carbocycles. The summed E-state index contributed by atoms with van der Waals surface area (Å²) in [5.74, 6) is 1.97. The standard InChI is InChI=1S/C13H19NO3/c1-2-10(8-15)6-14-7-11-3-4-12-13(5-11)17-9-16-12/h3-5,10,14-15H,2,6-9H2,1H3. The number of fused-ring (bicyclic) bond motifs is 1. The van der Waals surface area contributed by atoms with Gasteiger partial charge in [-0.1, -0.05) is 13.0 Å². The molecule has 17 heavy (non-hydrogen) atoms. The van der Waals surface area contributed by atoms with Crippen LogP contribution in [0.4, 0.5) is 0 Å². The summed E-state index contributed by atoms with van der Waals surface area (Å²) in [6, 6.07) is 5.96. The SMILES string of the molecule is CCC(CO)CNCc1ccc2c(c1)OCO2. The van der Waals surface area contributed by atoms with Crippen molar-refractivity contribution in [3.05, 3.63) is 23.8 Å². The Hall–Kier alpha value is -1.26. The van der Waals surface area contributed by atoms with Gasteiger partial charge in [-0.25, -0.2) is 0 Å². The minimum absolute atomic E-state index is 0.241. The summed E-state index contributed by atoms with van der Waals surface area (Å²) >= 11 is 0. The average molecular weight is 237 g/mol. The lowest BCUT2D eigenvalue weighted by Gasteiger charge is -2.12. The van der Waals surface area contributed by atoms with Gasteiger partial charge in [0.25, 0.3) is 0 Å². The lowest BCUT2D eigenvalue weighted by atomic mass is 10.1. The first kappa shape index (κ1) is 12.2. The fourth-order valence-corrected chi connectivity index (χ4v) is 1.81. The Kier molecular flexibility index (Phi) is 4.23. The van der Waals surface area contributed by atoms with Crippen molar-refractivity contribution < 1.29 is 14.6 Å². The van der Waals surface area contributed by atoms with E-state index in [1.807, 2.05) is 18.2 Å². The van der Waals surface area contributed by atoms with E-state index in [2.05, 4.69) is 12.2 Å². The maximum atomic E-state index is 9.07. The molecule has 0 spiro atoms. The summed E-state index contributed by atoms with van der Waals surface area (Å²) in [6.45, 7) is 4.26. The van der Waals surface area contributed by atoms with Crippen molar-refractivity contribution in [2.24, 2.45) is 5.92 Å². The van der Waals surface area contributed by atoms with Crippen LogP contribution in [0.25, 0.3) is 0 Å². The van der Waals surface area contributed by atoms with E-state index in [0.717, 1.165) is 31.0 Å². The van der Waals surface area contributed by atoms with Gasteiger partial charge in [0.2, 0.25) is 6.79 Å². The van der Waals surface area contributed by atoms with E-state index in [1.54, 1.807) is 0 Å². The molecule has 1 aromatic carbocycles. The van der Waals surface area contributed by atoms with Crippen LogP contribution in [0.5, 0.6) is 11.5 Å². The third-order valence-electron chi connectivity index (χ3n) is 3.03. The second-order valence-electron chi connectivity index (χ2n) is 4.28. The van der Waals surface area contributed by atoms with Crippen LogP contribution in [0, 0.1) is 5.92 Å². The number of hydrogen-bond donors (Lipinski definition) is 2. The molecule has 1 heterocycles. The van der Waals surface area contributed by atoms with E-state index in [-0.39, 0.29) is 6.61 Å². The quantitative estimate of drug-likeness (QED) is 0.787. The van der Waals surface area contributed by atoms with Gasteiger partial charge >= 0.3 is 0 Å². The first-order valence-corrected chi connectivity index (χ1v) is 6.03. The van der Waals surface area contributed by atoms with Crippen molar-refractivity contribution in [2.75, 3.05) is 19.9 Å². The highest BCUT2D eigenvalue weighted by molar-refractivity contribution is 5.44. The molecule has 1 unspecified atom stereocenters. The van der Waals surface area contributed by atoms with Crippen molar-refractivity contribution in [1.29, 1.82) is 0 Å². The molecular formula is C13H19NO3. The first-order chi connectivity index (χ1) is 8.33. The average Bonchev–Trinajstić information content (AvgIpc) is 2.82. The number of nitrogens with one attached hydrogen (secondary N) is 1. The molecular weight excluding hydrogens is 218 g/mol. The highest BCUT2D eigenvalue weighted by Crippen LogP contribution is 2.32. The Labute approximate surface area is 102 Å². The third-order valence-corrected chi connectivity index (χ3v) is 3.03. The van der Waals surface area contributed by atoms with Gasteiger partial charge in [-0.05, 0) is 30.0 Å². The highest BCUT2D eigenvalue weighted by Gasteiger charge is 2.13. The van der Waals surface area contributed by atoms with E-state index < -0.39 is 0 Å². The van der Waals surface area contributed by atoms with Crippen LogP contribution in [0.2, 0.25) is 0 Å². The van der Waals surface area contributed by atoms with Gasteiger partial charge in [0.1, 0.15) is 0 Å². The molecule has 0 saturated heterocycles. The smallest absolute Gasteiger partial charge is 0.231 e. The van der Waals surface area contributed by atoms with E-state index in [4.69, 9.17) is 14.6 Å². The molecule has 2 N–H and O–H groups in total. The van der Waals surface area contributed by atoms with Crippen molar-refractivity contribution in [3.63, 3.8) is 0 Å². The summed E-state index contributed by atoms with van der Waals surface area (Å²) in [5, 5.41) is 12.4. The molecule has 4 nitrogen and oxygen atoms in total. The summed E-state index contributed by atoms with van der Waals surface area (Å²) in [4.78, 5) is 0. The molecule has 1 aliphatic heterocycles. The molecule has 0 radical (unpaired) electrons. The molecule has 1 aliphatic rings. The fourth-order valence-electron chi connectivity index (χ4n) is 1.81.